The van der Waals surface area contributed by atoms with Crippen LogP contribution in [0.1, 0.15) is 24.0 Å². The van der Waals surface area contributed by atoms with Crippen LogP contribution in [0.15, 0.2) is 48.5 Å². The number of hydrogen-bond acceptors (Lipinski definition) is 7. The Hall–Kier alpha value is -2.94. The number of hydroxylamine groups is 1. The van der Waals surface area contributed by atoms with Crippen molar-refractivity contribution in [3.63, 3.8) is 0 Å². The molecule has 0 bridgehead atoms. The molecule has 0 spiro atoms. The second-order valence-electron chi connectivity index (χ2n) is 8.06. The Balaban J connectivity index is 1.94. The minimum Gasteiger partial charge on any atom is -0.497 e. The fourth-order valence-corrected chi connectivity index (χ4v) is 3.25. The predicted molar refractivity (Wildman–Crippen MR) is 126 cm³/mol. The van der Waals surface area contributed by atoms with E-state index in [9.17, 15) is 9.59 Å². The molecule has 2 N–H and O–H groups in total. The van der Waals surface area contributed by atoms with E-state index in [4.69, 9.17) is 19.4 Å². The van der Waals surface area contributed by atoms with Gasteiger partial charge in [0.15, 0.2) is 0 Å². The standard InChI is InChI=1S/C25H34N2O6/c1-27(2)16-23(33-26-21(17-28)12-15-25(29)30)18-32-24-7-5-4-6-20(24)11-8-19-9-13-22(31-3)14-10-19/h4-7,9-10,13-14,17,21,23,26H,8,11-12,15-16,18H2,1-3H3,(H,29,30)/t21-,23+/m0/s1. The van der Waals surface area contributed by atoms with Crippen LogP contribution in [0.2, 0.25) is 0 Å². The van der Waals surface area contributed by atoms with Crippen LogP contribution in [0.3, 0.4) is 0 Å². The van der Waals surface area contributed by atoms with E-state index in [2.05, 4.69) is 17.6 Å². The van der Waals surface area contributed by atoms with Crippen molar-refractivity contribution in [3.8, 4) is 11.5 Å². The molecule has 0 unspecified atom stereocenters. The maximum absolute atomic E-state index is 11.2. The first kappa shape index (κ1) is 26.3. The lowest BCUT2D eigenvalue weighted by Gasteiger charge is -2.24. The highest BCUT2D eigenvalue weighted by atomic mass is 16.7. The molecule has 0 aliphatic carbocycles. The van der Waals surface area contributed by atoms with E-state index in [0.29, 0.717) is 12.8 Å². The van der Waals surface area contributed by atoms with Gasteiger partial charge in [-0.1, -0.05) is 30.3 Å². The second-order valence-corrected chi connectivity index (χ2v) is 8.06. The van der Waals surface area contributed by atoms with Crippen LogP contribution in [0.25, 0.3) is 0 Å². The number of aldehydes is 1. The van der Waals surface area contributed by atoms with Crippen molar-refractivity contribution in [3.05, 3.63) is 59.7 Å². The van der Waals surface area contributed by atoms with Gasteiger partial charge in [0.25, 0.3) is 0 Å². The van der Waals surface area contributed by atoms with Gasteiger partial charge in [0.05, 0.1) is 13.2 Å². The van der Waals surface area contributed by atoms with E-state index >= 15 is 0 Å². The number of nitrogens with zero attached hydrogens (tertiary/aromatic N) is 1. The van der Waals surface area contributed by atoms with Crippen molar-refractivity contribution in [2.45, 2.75) is 37.8 Å². The molecule has 2 aromatic carbocycles. The number of aryl methyl sites for hydroxylation is 2. The molecule has 0 amide bonds. The van der Waals surface area contributed by atoms with Crippen LogP contribution >= 0.6 is 0 Å². The monoisotopic (exact) mass is 458 g/mol. The lowest BCUT2D eigenvalue weighted by molar-refractivity contribution is -0.137. The molecule has 0 aromatic heterocycles. The molecule has 0 fully saturated rings. The number of ether oxygens (including phenoxy) is 2. The average Bonchev–Trinajstić information content (AvgIpc) is 2.81. The molecule has 0 saturated carbocycles. The molecule has 0 heterocycles. The zero-order valence-corrected chi connectivity index (χ0v) is 19.5. The minimum atomic E-state index is -0.955. The summed E-state index contributed by atoms with van der Waals surface area (Å²) in [6.07, 6.45) is 2.03. The van der Waals surface area contributed by atoms with Crippen molar-refractivity contribution in [1.82, 2.24) is 10.4 Å². The van der Waals surface area contributed by atoms with Crippen molar-refractivity contribution < 1.29 is 29.0 Å². The van der Waals surface area contributed by atoms with Crippen molar-refractivity contribution in [1.29, 1.82) is 0 Å². The molecule has 8 nitrogen and oxygen atoms in total. The Bertz CT molecular complexity index is 856. The average molecular weight is 459 g/mol. The molecule has 180 valence electrons. The van der Waals surface area contributed by atoms with Crippen LogP contribution in [-0.2, 0) is 27.3 Å². The topological polar surface area (TPSA) is 97.3 Å². The molecule has 2 rings (SSSR count). The number of carboxylic acids is 1. The van der Waals surface area contributed by atoms with E-state index in [-0.39, 0.29) is 25.6 Å². The normalized spacial score (nSPS) is 12.8. The number of rotatable bonds is 16. The van der Waals surface area contributed by atoms with Gasteiger partial charge in [0.1, 0.15) is 30.5 Å². The van der Waals surface area contributed by atoms with Gasteiger partial charge in [-0.2, -0.15) is 5.48 Å². The molecule has 33 heavy (non-hydrogen) atoms. The summed E-state index contributed by atoms with van der Waals surface area (Å²) in [5.74, 6) is 0.669. The lowest BCUT2D eigenvalue weighted by atomic mass is 10.0. The number of carbonyl (C=O) groups is 2. The fourth-order valence-electron chi connectivity index (χ4n) is 3.25. The van der Waals surface area contributed by atoms with Crippen LogP contribution in [0.5, 0.6) is 11.5 Å². The third-order valence-electron chi connectivity index (χ3n) is 5.03. The number of aliphatic carboxylic acids is 1. The number of benzene rings is 2. The minimum absolute atomic E-state index is 0.115. The third kappa shape index (κ3) is 10.0. The van der Waals surface area contributed by atoms with E-state index < -0.39 is 12.0 Å². The molecule has 0 saturated heterocycles. The summed E-state index contributed by atoms with van der Waals surface area (Å²) in [5, 5.41) is 8.81. The van der Waals surface area contributed by atoms with Gasteiger partial charge in [0, 0.05) is 13.0 Å². The van der Waals surface area contributed by atoms with Gasteiger partial charge in [-0.15, -0.1) is 0 Å². The van der Waals surface area contributed by atoms with Gasteiger partial charge in [-0.25, -0.2) is 0 Å². The highest BCUT2D eigenvalue weighted by Crippen LogP contribution is 2.21. The summed E-state index contributed by atoms with van der Waals surface area (Å²) in [6.45, 7) is 0.834. The molecular formula is C25H34N2O6. The zero-order valence-electron chi connectivity index (χ0n) is 19.5. The first-order valence-electron chi connectivity index (χ1n) is 11.0. The maximum atomic E-state index is 11.2. The Morgan fingerprint density at radius 2 is 1.85 bits per heavy atom. The quantitative estimate of drug-likeness (QED) is 0.293. The third-order valence-corrected chi connectivity index (χ3v) is 5.03. The lowest BCUT2D eigenvalue weighted by Crippen LogP contribution is -2.41. The molecule has 2 atom stereocenters. The van der Waals surface area contributed by atoms with Gasteiger partial charge in [0.2, 0.25) is 0 Å². The highest BCUT2D eigenvalue weighted by molar-refractivity contribution is 5.68. The van der Waals surface area contributed by atoms with Gasteiger partial charge in [-0.3, -0.25) is 9.63 Å². The number of carboxylic acid groups (broad SMARTS) is 1. The fraction of sp³-hybridized carbons (Fsp3) is 0.440. The van der Waals surface area contributed by atoms with Crippen molar-refractivity contribution in [2.75, 3.05) is 34.4 Å². The van der Waals surface area contributed by atoms with Crippen LogP contribution in [0, 0.1) is 0 Å². The van der Waals surface area contributed by atoms with Crippen LogP contribution < -0.4 is 15.0 Å². The molecule has 0 aliphatic rings. The SMILES string of the molecule is COc1ccc(CCc2ccccc2OC[C@@H](CN(C)C)ON[C@H](C=O)CCC(=O)O)cc1. The largest absolute Gasteiger partial charge is 0.497 e. The molecule has 0 radical (unpaired) electrons. The number of hydrogen-bond donors (Lipinski definition) is 2. The van der Waals surface area contributed by atoms with Gasteiger partial charge < -0.3 is 24.3 Å². The first-order valence-corrected chi connectivity index (χ1v) is 11.0. The molecule has 8 heteroatoms. The number of carbonyl (C=O) groups excluding carboxylic acids is 1. The van der Waals surface area contributed by atoms with Gasteiger partial charge in [-0.05, 0) is 62.7 Å². The number of para-hydroxylation sites is 1. The molecule has 0 aliphatic heterocycles. The molecule has 2 aromatic rings. The van der Waals surface area contributed by atoms with Crippen LogP contribution in [-0.4, -0.2) is 68.8 Å². The Kier molecular flexibility index (Phi) is 11.4. The highest BCUT2D eigenvalue weighted by Gasteiger charge is 2.17. The predicted octanol–water partition coefficient (Wildman–Crippen LogP) is 2.74. The number of methoxy groups -OCH3 is 1. The summed E-state index contributed by atoms with van der Waals surface area (Å²) in [4.78, 5) is 29.6. The van der Waals surface area contributed by atoms with E-state index in [1.165, 1.54) is 5.56 Å². The van der Waals surface area contributed by atoms with Crippen LogP contribution in [0.4, 0.5) is 0 Å². The van der Waals surface area contributed by atoms with Gasteiger partial charge >= 0.3 is 5.97 Å². The Morgan fingerprint density at radius 3 is 2.48 bits per heavy atom. The maximum Gasteiger partial charge on any atom is 0.303 e. The second kappa shape index (κ2) is 14.3. The smallest absolute Gasteiger partial charge is 0.303 e. The molecular weight excluding hydrogens is 424 g/mol. The van der Waals surface area contributed by atoms with E-state index in [1.807, 2.05) is 55.4 Å². The van der Waals surface area contributed by atoms with Crippen molar-refractivity contribution in [2.24, 2.45) is 0 Å². The zero-order chi connectivity index (χ0) is 24.1. The van der Waals surface area contributed by atoms with E-state index in [0.717, 1.165) is 29.9 Å². The first-order chi connectivity index (χ1) is 15.9. The summed E-state index contributed by atoms with van der Waals surface area (Å²) in [5.41, 5.74) is 5.00. The van der Waals surface area contributed by atoms with Crippen molar-refractivity contribution >= 4 is 12.3 Å². The Labute approximate surface area is 195 Å². The Morgan fingerprint density at radius 1 is 1.12 bits per heavy atom. The van der Waals surface area contributed by atoms with E-state index in [1.54, 1.807) is 7.11 Å². The summed E-state index contributed by atoms with van der Waals surface area (Å²) in [6, 6.07) is 15.2. The number of likely N-dealkylation sites (N-methyl/N-ethyl adjacent to an activating group) is 1. The number of nitrogens with one attached hydrogen (secondary N) is 1. The summed E-state index contributed by atoms with van der Waals surface area (Å²) >= 11 is 0. The summed E-state index contributed by atoms with van der Waals surface area (Å²) in [7, 11) is 5.49. The summed E-state index contributed by atoms with van der Waals surface area (Å²) < 4.78 is 11.3.